The number of rotatable bonds is 9. The fraction of sp³-hybridized carbons (Fsp3) is 0.423. The van der Waals surface area contributed by atoms with Gasteiger partial charge in [0.15, 0.2) is 0 Å². The number of fused-ring (bicyclic) bond motifs is 3. The first-order valence-electron chi connectivity index (χ1n) is 11.3. The Morgan fingerprint density at radius 2 is 1.61 bits per heavy atom. The average molecular weight is 451 g/mol. The SMILES string of the molecule is CC(C)(CCNC(=O)CC1(NC(=O)OCC2c3ccccc3-c3ccccc32)CC1)C(=O)O. The number of carbonyl (C=O) groups excluding carboxylic acids is 2. The van der Waals surface area contributed by atoms with Crippen molar-refractivity contribution in [2.75, 3.05) is 13.2 Å². The predicted molar refractivity (Wildman–Crippen MR) is 124 cm³/mol. The minimum atomic E-state index is -0.899. The second-order valence-electron chi connectivity index (χ2n) is 9.70. The lowest BCUT2D eigenvalue weighted by atomic mass is 9.90. The lowest BCUT2D eigenvalue weighted by Gasteiger charge is -2.21. The molecule has 0 saturated heterocycles. The molecule has 174 valence electrons. The van der Waals surface area contributed by atoms with E-state index >= 15 is 0 Å². The fourth-order valence-electron chi connectivity index (χ4n) is 4.34. The third-order valence-electron chi connectivity index (χ3n) is 6.71. The van der Waals surface area contributed by atoms with Gasteiger partial charge in [-0.2, -0.15) is 0 Å². The zero-order valence-electron chi connectivity index (χ0n) is 19.0. The molecule has 7 nitrogen and oxygen atoms in total. The second kappa shape index (κ2) is 8.89. The summed E-state index contributed by atoms with van der Waals surface area (Å²) in [7, 11) is 0. The molecule has 0 bridgehead atoms. The van der Waals surface area contributed by atoms with E-state index in [2.05, 4.69) is 34.9 Å². The van der Waals surface area contributed by atoms with Crippen LogP contribution in [0.3, 0.4) is 0 Å². The second-order valence-corrected chi connectivity index (χ2v) is 9.70. The normalized spacial score (nSPS) is 15.8. The molecule has 2 amide bonds. The van der Waals surface area contributed by atoms with Crippen molar-refractivity contribution in [3.05, 3.63) is 59.7 Å². The summed E-state index contributed by atoms with van der Waals surface area (Å²) in [6.07, 6.45) is 1.40. The smallest absolute Gasteiger partial charge is 0.407 e. The summed E-state index contributed by atoms with van der Waals surface area (Å²) in [6, 6.07) is 16.3. The molecule has 7 heteroatoms. The highest BCUT2D eigenvalue weighted by Crippen LogP contribution is 2.44. The molecule has 0 spiro atoms. The van der Waals surface area contributed by atoms with Crippen LogP contribution in [0.5, 0.6) is 0 Å². The average Bonchev–Trinajstić information content (AvgIpc) is 3.44. The van der Waals surface area contributed by atoms with Crippen molar-refractivity contribution in [2.45, 2.75) is 51.0 Å². The number of ether oxygens (including phenoxy) is 1. The number of amides is 2. The van der Waals surface area contributed by atoms with Gasteiger partial charge in [0.2, 0.25) is 5.91 Å². The van der Waals surface area contributed by atoms with Gasteiger partial charge in [0.25, 0.3) is 0 Å². The summed E-state index contributed by atoms with van der Waals surface area (Å²) >= 11 is 0. The van der Waals surface area contributed by atoms with E-state index in [-0.39, 0.29) is 31.4 Å². The lowest BCUT2D eigenvalue weighted by Crippen LogP contribution is -2.42. The summed E-state index contributed by atoms with van der Waals surface area (Å²) in [5.74, 6) is -1.11. The number of hydrogen-bond donors (Lipinski definition) is 3. The molecule has 2 aromatic carbocycles. The van der Waals surface area contributed by atoms with Gasteiger partial charge in [0.1, 0.15) is 6.61 Å². The summed E-state index contributed by atoms with van der Waals surface area (Å²) in [4.78, 5) is 36.1. The molecule has 33 heavy (non-hydrogen) atoms. The molecule has 0 atom stereocenters. The Bertz CT molecular complexity index is 1030. The van der Waals surface area contributed by atoms with Gasteiger partial charge in [0, 0.05) is 18.9 Å². The summed E-state index contributed by atoms with van der Waals surface area (Å²) < 4.78 is 5.60. The van der Waals surface area contributed by atoms with Gasteiger partial charge in [-0.15, -0.1) is 0 Å². The zero-order valence-corrected chi connectivity index (χ0v) is 19.0. The van der Waals surface area contributed by atoms with Crippen LogP contribution < -0.4 is 10.6 Å². The van der Waals surface area contributed by atoms with E-state index in [0.717, 1.165) is 11.1 Å². The molecule has 2 aromatic rings. The lowest BCUT2D eigenvalue weighted by molar-refractivity contribution is -0.147. The van der Waals surface area contributed by atoms with Crippen LogP contribution in [-0.4, -0.2) is 41.8 Å². The van der Waals surface area contributed by atoms with Gasteiger partial charge >= 0.3 is 12.1 Å². The van der Waals surface area contributed by atoms with Crippen molar-refractivity contribution in [1.82, 2.24) is 10.6 Å². The summed E-state index contributed by atoms with van der Waals surface area (Å²) in [5, 5.41) is 14.8. The quantitative estimate of drug-likeness (QED) is 0.534. The van der Waals surface area contributed by atoms with E-state index in [0.29, 0.717) is 19.3 Å². The highest BCUT2D eigenvalue weighted by atomic mass is 16.5. The van der Waals surface area contributed by atoms with Crippen molar-refractivity contribution in [2.24, 2.45) is 5.41 Å². The minimum absolute atomic E-state index is 0.0146. The van der Waals surface area contributed by atoms with E-state index in [4.69, 9.17) is 9.84 Å². The van der Waals surface area contributed by atoms with Gasteiger partial charge in [-0.1, -0.05) is 48.5 Å². The van der Waals surface area contributed by atoms with E-state index in [1.165, 1.54) is 11.1 Å². The molecule has 2 aliphatic rings. The van der Waals surface area contributed by atoms with Crippen LogP contribution in [0.15, 0.2) is 48.5 Å². The molecule has 0 unspecified atom stereocenters. The number of carboxylic acids is 1. The fourth-order valence-corrected chi connectivity index (χ4v) is 4.34. The third-order valence-corrected chi connectivity index (χ3v) is 6.71. The van der Waals surface area contributed by atoms with Crippen LogP contribution in [0.2, 0.25) is 0 Å². The van der Waals surface area contributed by atoms with E-state index in [1.807, 2.05) is 24.3 Å². The Morgan fingerprint density at radius 1 is 1.03 bits per heavy atom. The molecule has 0 heterocycles. The molecule has 2 aliphatic carbocycles. The maximum Gasteiger partial charge on any atom is 0.407 e. The highest BCUT2D eigenvalue weighted by Gasteiger charge is 2.46. The molecular weight excluding hydrogens is 420 g/mol. The van der Waals surface area contributed by atoms with Crippen molar-refractivity contribution < 1.29 is 24.2 Å². The molecule has 1 saturated carbocycles. The maximum absolute atomic E-state index is 12.6. The van der Waals surface area contributed by atoms with Gasteiger partial charge in [-0.05, 0) is 55.4 Å². The van der Waals surface area contributed by atoms with Crippen molar-refractivity contribution in [3.63, 3.8) is 0 Å². The number of carbonyl (C=O) groups is 3. The van der Waals surface area contributed by atoms with Gasteiger partial charge in [-0.3, -0.25) is 9.59 Å². The first kappa shape index (κ1) is 22.8. The van der Waals surface area contributed by atoms with Gasteiger partial charge in [-0.25, -0.2) is 4.79 Å². The van der Waals surface area contributed by atoms with Crippen LogP contribution in [0, 0.1) is 5.41 Å². The standard InChI is InChI=1S/C26H30N2O5/c1-25(2,23(30)31)13-14-27-22(29)15-26(11-12-26)28-24(32)33-16-21-19-9-5-3-7-17(19)18-8-4-6-10-20(18)21/h3-10,21H,11-16H2,1-2H3,(H,27,29)(H,28,32)(H,30,31). The zero-order chi connectivity index (χ0) is 23.6. The molecule has 3 N–H and O–H groups in total. The first-order chi connectivity index (χ1) is 15.7. The molecular formula is C26H30N2O5. The van der Waals surface area contributed by atoms with Crippen LogP contribution in [0.1, 0.15) is 56.6 Å². The van der Waals surface area contributed by atoms with Crippen LogP contribution in [0.4, 0.5) is 4.79 Å². The van der Waals surface area contributed by atoms with E-state index in [9.17, 15) is 14.4 Å². The Morgan fingerprint density at radius 3 is 2.15 bits per heavy atom. The third kappa shape index (κ3) is 5.02. The van der Waals surface area contributed by atoms with Crippen molar-refractivity contribution in [1.29, 1.82) is 0 Å². The molecule has 0 radical (unpaired) electrons. The van der Waals surface area contributed by atoms with Gasteiger partial charge < -0.3 is 20.5 Å². The maximum atomic E-state index is 12.6. The Labute approximate surface area is 193 Å². The summed E-state index contributed by atoms with van der Waals surface area (Å²) in [5.41, 5.74) is 3.17. The van der Waals surface area contributed by atoms with Gasteiger partial charge in [0.05, 0.1) is 11.0 Å². The largest absolute Gasteiger partial charge is 0.481 e. The first-order valence-corrected chi connectivity index (χ1v) is 11.3. The Hall–Kier alpha value is -3.35. The number of alkyl carbamates (subject to hydrolysis) is 1. The Kier molecular flexibility index (Phi) is 6.15. The van der Waals surface area contributed by atoms with E-state index in [1.54, 1.807) is 13.8 Å². The Balaban J connectivity index is 1.28. The molecule has 1 fully saturated rings. The number of benzene rings is 2. The minimum Gasteiger partial charge on any atom is -0.481 e. The topological polar surface area (TPSA) is 105 Å². The van der Waals surface area contributed by atoms with E-state index < -0.39 is 23.0 Å². The number of nitrogens with one attached hydrogen (secondary N) is 2. The molecule has 0 aromatic heterocycles. The van der Waals surface area contributed by atoms with Crippen LogP contribution in [-0.2, 0) is 14.3 Å². The van der Waals surface area contributed by atoms with Crippen molar-refractivity contribution in [3.8, 4) is 11.1 Å². The monoisotopic (exact) mass is 450 g/mol. The number of hydrogen-bond acceptors (Lipinski definition) is 4. The number of carboxylic acid groups (broad SMARTS) is 1. The van der Waals surface area contributed by atoms with Crippen molar-refractivity contribution >= 4 is 18.0 Å². The number of aliphatic carboxylic acids is 1. The predicted octanol–water partition coefficient (Wildman–Crippen LogP) is 4.06. The van der Waals surface area contributed by atoms with Crippen LogP contribution >= 0.6 is 0 Å². The molecule has 4 rings (SSSR count). The molecule has 0 aliphatic heterocycles. The summed E-state index contributed by atoms with van der Waals surface area (Å²) in [6.45, 7) is 3.76. The van der Waals surface area contributed by atoms with Crippen LogP contribution in [0.25, 0.3) is 11.1 Å². The highest BCUT2D eigenvalue weighted by molar-refractivity contribution is 5.80.